The lowest BCUT2D eigenvalue weighted by Gasteiger charge is -2.39. The van der Waals surface area contributed by atoms with Crippen LogP contribution in [0.3, 0.4) is 0 Å². The van der Waals surface area contributed by atoms with Crippen LogP contribution in [0.15, 0.2) is 22.9 Å². The summed E-state index contributed by atoms with van der Waals surface area (Å²) in [5.74, 6) is -1.37. The van der Waals surface area contributed by atoms with Crippen LogP contribution in [0, 0.1) is 0 Å². The van der Waals surface area contributed by atoms with Crippen molar-refractivity contribution in [3.05, 3.63) is 22.9 Å². The molecule has 2 aliphatic rings. The van der Waals surface area contributed by atoms with Gasteiger partial charge in [-0.2, -0.15) is 0 Å². The Balaban J connectivity index is 2.28. The summed E-state index contributed by atoms with van der Waals surface area (Å²) < 4.78 is 0. The van der Waals surface area contributed by atoms with Gasteiger partial charge in [-0.3, -0.25) is 9.69 Å². The fourth-order valence-corrected chi connectivity index (χ4v) is 2.04. The second-order valence-corrected chi connectivity index (χ2v) is 3.67. The number of carbonyl (C=O) groups excluding carboxylic acids is 1. The van der Waals surface area contributed by atoms with Gasteiger partial charge in [0.2, 0.25) is 0 Å². The number of hydrogen-bond acceptors (Lipinski definition) is 3. The van der Waals surface area contributed by atoms with Crippen molar-refractivity contribution in [2.75, 3.05) is 6.61 Å². The fraction of sp³-hybridized carbons (Fsp3) is 0.400. The Morgan fingerprint density at radius 2 is 2.33 bits per heavy atom. The zero-order valence-electron chi connectivity index (χ0n) is 8.23. The van der Waals surface area contributed by atoms with Crippen LogP contribution in [0.1, 0.15) is 13.3 Å². The average Bonchev–Trinajstić information content (AvgIpc) is 2.57. The third kappa shape index (κ3) is 1.20. The van der Waals surface area contributed by atoms with E-state index in [0.29, 0.717) is 17.6 Å². The summed E-state index contributed by atoms with van der Waals surface area (Å²) in [5, 5.41) is 17.7. The van der Waals surface area contributed by atoms with Crippen molar-refractivity contribution in [2.24, 2.45) is 0 Å². The monoisotopic (exact) mass is 209 g/mol. The number of carboxylic acids is 1. The summed E-state index contributed by atoms with van der Waals surface area (Å²) >= 11 is 0. The molecule has 0 unspecified atom stereocenters. The van der Waals surface area contributed by atoms with Crippen molar-refractivity contribution < 1.29 is 19.8 Å². The Morgan fingerprint density at radius 3 is 2.87 bits per heavy atom. The summed E-state index contributed by atoms with van der Waals surface area (Å²) in [6.45, 7) is 1.52. The molecule has 0 saturated carbocycles. The van der Waals surface area contributed by atoms with Gasteiger partial charge >= 0.3 is 5.97 Å². The molecule has 5 heteroatoms. The maximum absolute atomic E-state index is 11.6. The number of carbonyl (C=O) groups is 2. The van der Waals surface area contributed by atoms with Crippen molar-refractivity contribution in [2.45, 2.75) is 19.4 Å². The molecule has 0 radical (unpaired) electrons. The van der Waals surface area contributed by atoms with Gasteiger partial charge in [-0.1, -0.05) is 6.08 Å². The Morgan fingerprint density at radius 1 is 1.67 bits per heavy atom. The molecule has 0 aliphatic carbocycles. The van der Waals surface area contributed by atoms with Gasteiger partial charge in [0.25, 0.3) is 5.91 Å². The second-order valence-electron chi connectivity index (χ2n) is 3.67. The number of amides is 1. The molecule has 0 aromatic rings. The number of nitrogens with zero attached hydrogens (tertiary/aromatic N) is 1. The number of aliphatic hydroxyl groups is 1. The summed E-state index contributed by atoms with van der Waals surface area (Å²) in [6.07, 6.45) is 2.07. The van der Waals surface area contributed by atoms with Gasteiger partial charge in [-0.25, -0.2) is 4.79 Å². The average molecular weight is 209 g/mol. The SMILES string of the molecule is C/C(CO)=C1\C(=O)N2C(C(=O)O)=CC[C@H]12. The topological polar surface area (TPSA) is 77.8 Å². The molecule has 0 bridgehead atoms. The predicted molar refractivity (Wildman–Crippen MR) is 50.8 cm³/mol. The molecule has 1 fully saturated rings. The number of β-lactam (4-membered cyclic amide) rings is 1. The molecule has 80 valence electrons. The highest BCUT2D eigenvalue weighted by Gasteiger charge is 2.49. The zero-order chi connectivity index (χ0) is 11.2. The van der Waals surface area contributed by atoms with E-state index in [4.69, 9.17) is 10.2 Å². The van der Waals surface area contributed by atoms with Crippen LogP contribution in [-0.4, -0.2) is 39.6 Å². The molecule has 2 rings (SSSR count). The minimum Gasteiger partial charge on any atom is -0.477 e. The highest BCUT2D eigenvalue weighted by atomic mass is 16.4. The number of carboxylic acid groups (broad SMARTS) is 1. The molecular weight excluding hydrogens is 198 g/mol. The van der Waals surface area contributed by atoms with Crippen molar-refractivity contribution in [1.29, 1.82) is 0 Å². The minimum absolute atomic E-state index is 0.0551. The Kier molecular flexibility index (Phi) is 2.12. The van der Waals surface area contributed by atoms with Crippen LogP contribution >= 0.6 is 0 Å². The van der Waals surface area contributed by atoms with Crippen molar-refractivity contribution in [3.8, 4) is 0 Å². The fourth-order valence-electron chi connectivity index (χ4n) is 2.04. The summed E-state index contributed by atoms with van der Waals surface area (Å²) in [6, 6.07) is -0.171. The van der Waals surface area contributed by atoms with Crippen LogP contribution in [-0.2, 0) is 9.59 Å². The van der Waals surface area contributed by atoms with Gasteiger partial charge < -0.3 is 10.2 Å². The van der Waals surface area contributed by atoms with Gasteiger partial charge in [0.05, 0.1) is 12.6 Å². The summed E-state index contributed by atoms with van der Waals surface area (Å²) in [4.78, 5) is 23.6. The van der Waals surface area contributed by atoms with E-state index < -0.39 is 5.97 Å². The minimum atomic E-state index is -1.08. The lowest BCUT2D eigenvalue weighted by molar-refractivity contribution is -0.142. The molecule has 1 atom stereocenters. The molecule has 2 N–H and O–H groups in total. The molecule has 2 aliphatic heterocycles. The summed E-state index contributed by atoms with van der Waals surface area (Å²) in [7, 11) is 0. The van der Waals surface area contributed by atoms with Gasteiger partial charge in [0.1, 0.15) is 5.70 Å². The van der Waals surface area contributed by atoms with Gasteiger partial charge in [-0.15, -0.1) is 0 Å². The maximum atomic E-state index is 11.6. The van der Waals surface area contributed by atoms with Crippen molar-refractivity contribution >= 4 is 11.9 Å². The van der Waals surface area contributed by atoms with Crippen molar-refractivity contribution in [3.63, 3.8) is 0 Å². The van der Waals surface area contributed by atoms with E-state index in [1.807, 2.05) is 0 Å². The van der Waals surface area contributed by atoms with Crippen LogP contribution in [0.4, 0.5) is 0 Å². The Hall–Kier alpha value is -1.62. The third-order valence-electron chi connectivity index (χ3n) is 2.80. The Bertz CT molecular complexity index is 408. The molecule has 0 aromatic heterocycles. The number of hydrogen-bond donors (Lipinski definition) is 2. The zero-order valence-corrected chi connectivity index (χ0v) is 8.23. The second kappa shape index (κ2) is 3.20. The van der Waals surface area contributed by atoms with E-state index in [1.165, 1.54) is 4.90 Å². The quantitative estimate of drug-likeness (QED) is 0.491. The first-order chi connectivity index (χ1) is 7.07. The van der Waals surface area contributed by atoms with Gasteiger partial charge in [0, 0.05) is 5.57 Å². The smallest absolute Gasteiger partial charge is 0.352 e. The first-order valence-corrected chi connectivity index (χ1v) is 4.65. The third-order valence-corrected chi connectivity index (χ3v) is 2.80. The van der Waals surface area contributed by atoms with E-state index in [0.717, 1.165) is 0 Å². The summed E-state index contributed by atoms with van der Waals surface area (Å²) in [5.41, 5.74) is 1.24. The molecule has 5 nitrogen and oxygen atoms in total. The molecular formula is C10H11NO4. The number of aliphatic hydroxyl groups excluding tert-OH is 1. The normalized spacial score (nSPS) is 27.1. The largest absolute Gasteiger partial charge is 0.477 e. The van der Waals surface area contributed by atoms with E-state index in [9.17, 15) is 9.59 Å². The Labute approximate surface area is 86.3 Å². The molecule has 1 amide bonds. The van der Waals surface area contributed by atoms with Crippen LogP contribution in [0.5, 0.6) is 0 Å². The number of rotatable bonds is 2. The predicted octanol–water partition coefficient (Wildman–Crippen LogP) is -0.122. The van der Waals surface area contributed by atoms with E-state index in [-0.39, 0.29) is 24.3 Å². The van der Waals surface area contributed by atoms with Crippen LogP contribution < -0.4 is 0 Å². The van der Waals surface area contributed by atoms with Gasteiger partial charge in [0.15, 0.2) is 0 Å². The maximum Gasteiger partial charge on any atom is 0.352 e. The first kappa shape index (κ1) is 9.92. The molecule has 0 spiro atoms. The van der Waals surface area contributed by atoms with Gasteiger partial charge in [-0.05, 0) is 18.9 Å². The van der Waals surface area contributed by atoms with E-state index in [1.54, 1.807) is 13.0 Å². The molecule has 0 aromatic carbocycles. The van der Waals surface area contributed by atoms with Crippen LogP contribution in [0.2, 0.25) is 0 Å². The molecule has 15 heavy (non-hydrogen) atoms. The lowest BCUT2D eigenvalue weighted by atomic mass is 9.90. The highest BCUT2D eigenvalue weighted by Crippen LogP contribution is 2.39. The van der Waals surface area contributed by atoms with Crippen molar-refractivity contribution in [1.82, 2.24) is 4.90 Å². The number of fused-ring (bicyclic) bond motifs is 1. The lowest BCUT2D eigenvalue weighted by Crippen LogP contribution is -2.53. The standard InChI is InChI=1S/C10H11NO4/c1-5(4-12)8-6-2-3-7(10(14)15)11(6)9(8)13/h3,6,12H,2,4H2,1H3,(H,14,15)/b8-5+/t6-/m1/s1. The van der Waals surface area contributed by atoms with Crippen LogP contribution in [0.25, 0.3) is 0 Å². The molecule has 1 saturated heterocycles. The highest BCUT2D eigenvalue weighted by molar-refractivity contribution is 6.08. The number of aliphatic carboxylic acids is 1. The first-order valence-electron chi connectivity index (χ1n) is 4.65. The van der Waals surface area contributed by atoms with E-state index >= 15 is 0 Å². The molecule has 2 heterocycles. The van der Waals surface area contributed by atoms with E-state index in [2.05, 4.69) is 0 Å².